The first-order valence-electron chi connectivity index (χ1n) is 12.3. The molecule has 4 unspecified atom stereocenters. The number of ether oxygens (including phenoxy) is 2. The van der Waals surface area contributed by atoms with Gasteiger partial charge in [-0.15, -0.1) is 0 Å². The third-order valence-electron chi connectivity index (χ3n) is 7.00. The Labute approximate surface area is 219 Å². The van der Waals surface area contributed by atoms with E-state index < -0.39 is 30.1 Å². The number of nitrogen functional groups attached to an aromatic ring is 1. The highest BCUT2D eigenvalue weighted by molar-refractivity contribution is 5.81. The van der Waals surface area contributed by atoms with Gasteiger partial charge in [-0.05, 0) is 16.7 Å². The van der Waals surface area contributed by atoms with Gasteiger partial charge in [0.15, 0.2) is 17.7 Å². The van der Waals surface area contributed by atoms with Crippen LogP contribution in [0.2, 0.25) is 0 Å². The van der Waals surface area contributed by atoms with Crippen molar-refractivity contribution >= 4 is 17.0 Å². The first-order valence-corrected chi connectivity index (χ1v) is 12.3. The van der Waals surface area contributed by atoms with Crippen molar-refractivity contribution < 1.29 is 19.7 Å². The van der Waals surface area contributed by atoms with Crippen LogP contribution in [0.5, 0.6) is 0 Å². The molecule has 0 bridgehead atoms. The van der Waals surface area contributed by atoms with Crippen molar-refractivity contribution in [2.75, 3.05) is 12.3 Å². The number of fused-ring (bicyclic) bond motifs is 1. The number of imidazole rings is 1. The number of hydrogen-bond donors (Lipinski definition) is 3. The van der Waals surface area contributed by atoms with Crippen LogP contribution in [0.15, 0.2) is 104 Å². The maximum absolute atomic E-state index is 11.0. The summed E-state index contributed by atoms with van der Waals surface area (Å²) in [5.41, 5.74) is 8.51. The zero-order valence-electron chi connectivity index (χ0n) is 20.4. The Bertz CT molecular complexity index is 1420. The highest BCUT2D eigenvalue weighted by Crippen LogP contribution is 2.42. The zero-order chi connectivity index (χ0) is 26.1. The normalized spacial score (nSPS) is 21.6. The number of aliphatic hydroxyl groups is 2. The SMILES string of the molecule is Nc1ncnc2c1ncn2C1OC(COC(c2ccccc2)(c2ccccc2)c2ccccc2)C(O)C1O. The molecule has 0 radical (unpaired) electrons. The highest BCUT2D eigenvalue weighted by Gasteiger charge is 2.46. The van der Waals surface area contributed by atoms with Crippen molar-refractivity contribution in [1.29, 1.82) is 0 Å². The van der Waals surface area contributed by atoms with Gasteiger partial charge in [0.1, 0.15) is 35.8 Å². The summed E-state index contributed by atoms with van der Waals surface area (Å²) in [7, 11) is 0. The summed E-state index contributed by atoms with van der Waals surface area (Å²) in [6, 6.07) is 29.8. The monoisotopic (exact) mass is 509 g/mol. The number of benzene rings is 3. The van der Waals surface area contributed by atoms with E-state index in [1.54, 1.807) is 4.57 Å². The second-order valence-electron chi connectivity index (χ2n) is 9.22. The fraction of sp³-hybridized carbons (Fsp3) is 0.207. The van der Waals surface area contributed by atoms with E-state index in [9.17, 15) is 10.2 Å². The number of anilines is 1. The first-order chi connectivity index (χ1) is 18.6. The fourth-order valence-corrected chi connectivity index (χ4v) is 5.13. The summed E-state index contributed by atoms with van der Waals surface area (Å²) in [5, 5.41) is 22.0. The van der Waals surface area contributed by atoms with Crippen LogP contribution in [0.3, 0.4) is 0 Å². The summed E-state index contributed by atoms with van der Waals surface area (Å²) in [6.07, 6.45) is -1.42. The quantitative estimate of drug-likeness (QED) is 0.286. The van der Waals surface area contributed by atoms with Crippen molar-refractivity contribution in [3.8, 4) is 0 Å². The maximum Gasteiger partial charge on any atom is 0.167 e. The van der Waals surface area contributed by atoms with Gasteiger partial charge in [-0.3, -0.25) is 4.57 Å². The van der Waals surface area contributed by atoms with Crippen molar-refractivity contribution in [2.45, 2.75) is 30.1 Å². The van der Waals surface area contributed by atoms with Gasteiger partial charge < -0.3 is 25.4 Å². The molecule has 3 heterocycles. The summed E-state index contributed by atoms with van der Waals surface area (Å²) in [4.78, 5) is 12.5. The minimum Gasteiger partial charge on any atom is -0.387 e. The minimum atomic E-state index is -1.24. The number of hydrogen-bond acceptors (Lipinski definition) is 8. The van der Waals surface area contributed by atoms with Gasteiger partial charge in [0, 0.05) is 0 Å². The molecule has 6 rings (SSSR count). The molecule has 0 amide bonds. The van der Waals surface area contributed by atoms with Gasteiger partial charge in [-0.25, -0.2) is 15.0 Å². The van der Waals surface area contributed by atoms with Crippen LogP contribution >= 0.6 is 0 Å². The summed E-state index contributed by atoms with van der Waals surface area (Å²) in [5.74, 6) is 0.222. The molecule has 3 aromatic carbocycles. The van der Waals surface area contributed by atoms with Crippen molar-refractivity contribution in [3.05, 3.63) is 120 Å². The van der Waals surface area contributed by atoms with Crippen LogP contribution < -0.4 is 5.73 Å². The number of nitrogens with two attached hydrogens (primary N) is 1. The molecular weight excluding hydrogens is 482 g/mol. The molecule has 4 atom stereocenters. The molecular formula is C29H27N5O4. The Morgan fingerprint density at radius 1 is 0.789 bits per heavy atom. The largest absolute Gasteiger partial charge is 0.387 e. The number of nitrogens with zero attached hydrogens (tertiary/aromatic N) is 4. The van der Waals surface area contributed by atoms with Gasteiger partial charge in [0.05, 0.1) is 12.9 Å². The molecule has 1 saturated heterocycles. The molecule has 192 valence electrons. The lowest BCUT2D eigenvalue weighted by molar-refractivity contribution is -0.0942. The molecule has 0 saturated carbocycles. The van der Waals surface area contributed by atoms with Crippen LogP contribution in [-0.2, 0) is 15.1 Å². The third kappa shape index (κ3) is 4.02. The lowest BCUT2D eigenvalue weighted by Gasteiger charge is -2.37. The molecule has 9 nitrogen and oxygen atoms in total. The molecule has 9 heteroatoms. The first kappa shape index (κ1) is 24.2. The Hall–Kier alpha value is -4.15. The Morgan fingerprint density at radius 2 is 1.34 bits per heavy atom. The highest BCUT2D eigenvalue weighted by atomic mass is 16.6. The van der Waals surface area contributed by atoms with Crippen LogP contribution in [0, 0.1) is 0 Å². The second kappa shape index (κ2) is 9.96. The average molecular weight is 510 g/mol. The fourth-order valence-electron chi connectivity index (χ4n) is 5.13. The average Bonchev–Trinajstić information content (AvgIpc) is 3.52. The van der Waals surface area contributed by atoms with E-state index >= 15 is 0 Å². The lowest BCUT2D eigenvalue weighted by atomic mass is 9.80. The summed E-state index contributed by atoms with van der Waals surface area (Å²) < 4.78 is 14.5. The lowest BCUT2D eigenvalue weighted by Crippen LogP contribution is -2.39. The van der Waals surface area contributed by atoms with Crippen molar-refractivity contribution in [2.24, 2.45) is 0 Å². The molecule has 2 aromatic heterocycles. The molecule has 0 spiro atoms. The van der Waals surface area contributed by atoms with E-state index in [0.29, 0.717) is 11.2 Å². The van der Waals surface area contributed by atoms with Gasteiger partial charge in [-0.1, -0.05) is 91.0 Å². The van der Waals surface area contributed by atoms with Gasteiger partial charge in [0.2, 0.25) is 0 Å². The standard InChI is InChI=1S/C29H27N5O4/c30-26-23-27(32-17-31-26)34(18-33-23)28-25(36)24(35)22(38-28)16-37-29(19-10-4-1-5-11-19,20-12-6-2-7-13-20)21-14-8-3-9-15-21/h1-15,17-18,22,24-25,28,35-36H,16H2,(H2,30,31,32). The molecule has 0 aliphatic carbocycles. The van der Waals surface area contributed by atoms with Gasteiger partial charge in [0.25, 0.3) is 0 Å². The van der Waals surface area contributed by atoms with Gasteiger partial charge in [-0.2, -0.15) is 0 Å². The predicted molar refractivity (Wildman–Crippen MR) is 141 cm³/mol. The van der Waals surface area contributed by atoms with Crippen molar-refractivity contribution in [3.63, 3.8) is 0 Å². The molecule has 5 aromatic rings. The second-order valence-corrected chi connectivity index (χ2v) is 9.22. The van der Waals surface area contributed by atoms with E-state index in [1.807, 2.05) is 91.0 Å². The van der Waals surface area contributed by atoms with Crippen molar-refractivity contribution in [1.82, 2.24) is 19.5 Å². The molecule has 38 heavy (non-hydrogen) atoms. The van der Waals surface area contributed by atoms with Crippen LogP contribution in [-0.4, -0.2) is 54.7 Å². The van der Waals surface area contributed by atoms with E-state index in [4.69, 9.17) is 15.2 Å². The Balaban J connectivity index is 1.36. The number of rotatable bonds is 7. The summed E-state index contributed by atoms with van der Waals surface area (Å²) in [6.45, 7) is -0.00282. The van der Waals surface area contributed by atoms with E-state index in [0.717, 1.165) is 16.7 Å². The third-order valence-corrected chi connectivity index (χ3v) is 7.00. The summed E-state index contributed by atoms with van der Waals surface area (Å²) >= 11 is 0. The van der Waals surface area contributed by atoms with Gasteiger partial charge >= 0.3 is 0 Å². The van der Waals surface area contributed by atoms with Crippen LogP contribution in [0.25, 0.3) is 11.2 Å². The topological polar surface area (TPSA) is 129 Å². The number of aliphatic hydroxyl groups excluding tert-OH is 2. The predicted octanol–water partition coefficient (Wildman–Crippen LogP) is 3.04. The molecule has 1 aliphatic rings. The van der Waals surface area contributed by atoms with E-state index in [1.165, 1.54) is 12.7 Å². The molecule has 1 aliphatic heterocycles. The van der Waals surface area contributed by atoms with Crippen LogP contribution in [0.4, 0.5) is 5.82 Å². The number of aromatic nitrogens is 4. The van der Waals surface area contributed by atoms with E-state index in [2.05, 4.69) is 15.0 Å². The molecule has 1 fully saturated rings. The zero-order valence-corrected chi connectivity index (χ0v) is 20.4. The maximum atomic E-state index is 11.0. The Morgan fingerprint density at radius 3 is 1.89 bits per heavy atom. The smallest absolute Gasteiger partial charge is 0.167 e. The van der Waals surface area contributed by atoms with Crippen LogP contribution in [0.1, 0.15) is 22.9 Å². The van der Waals surface area contributed by atoms with E-state index in [-0.39, 0.29) is 12.4 Å². The molecule has 4 N–H and O–H groups in total. The Kier molecular flexibility index (Phi) is 6.34. The minimum absolute atomic E-state index is 0.00282.